The van der Waals surface area contributed by atoms with E-state index in [9.17, 15) is 14.7 Å². The number of ether oxygens (including phenoxy) is 7. The van der Waals surface area contributed by atoms with Crippen molar-refractivity contribution in [2.45, 2.75) is 142 Å². The summed E-state index contributed by atoms with van der Waals surface area (Å²) in [5.41, 5.74) is 2.19. The zero-order valence-electron chi connectivity index (χ0n) is 36.0. The fourth-order valence-electron chi connectivity index (χ4n) is 5.90. The van der Waals surface area contributed by atoms with E-state index in [4.69, 9.17) is 37.6 Å². The second-order valence-corrected chi connectivity index (χ2v) is 21.2. The molecule has 1 aromatic carbocycles. The molecular formula is C42H74O11Si. The van der Waals surface area contributed by atoms with E-state index >= 15 is 0 Å². The summed E-state index contributed by atoms with van der Waals surface area (Å²) in [7, 11) is 2.16. The van der Waals surface area contributed by atoms with Gasteiger partial charge in [0.25, 0.3) is 0 Å². The van der Waals surface area contributed by atoms with E-state index in [2.05, 4.69) is 66.8 Å². The van der Waals surface area contributed by atoms with Gasteiger partial charge in [0, 0.05) is 44.8 Å². The third kappa shape index (κ3) is 16.9. The molecule has 0 heterocycles. The van der Waals surface area contributed by atoms with E-state index in [1.54, 1.807) is 14.0 Å². The second-order valence-electron chi connectivity index (χ2n) is 16.4. The Hall–Kier alpha value is -2.16. The SMILES string of the molecule is CCC(=O)O[C@@H](C[C@@H](C[C@H](O)/C(C)=C\[C@@H](CC)COCOCCOC)O[Si](C)(C)C(C)(C)C)C(C)(C)c1cccc(C[C@@H](C)[C@H](OCOC)C(=O)OC)c1. The normalized spacial score (nSPS) is 16.3. The average Bonchev–Trinajstić information content (AvgIpc) is 3.11. The Balaban J connectivity index is 3.46. The van der Waals surface area contributed by atoms with Crippen LogP contribution in [0.3, 0.4) is 0 Å². The van der Waals surface area contributed by atoms with Crippen molar-refractivity contribution in [1.29, 1.82) is 0 Å². The first-order valence-electron chi connectivity index (χ1n) is 19.4. The molecule has 0 saturated heterocycles. The van der Waals surface area contributed by atoms with Gasteiger partial charge in [-0.1, -0.05) is 85.7 Å². The number of esters is 2. The Morgan fingerprint density at radius 1 is 0.944 bits per heavy atom. The van der Waals surface area contributed by atoms with Gasteiger partial charge in [0.15, 0.2) is 14.4 Å². The molecule has 54 heavy (non-hydrogen) atoms. The maximum atomic E-state index is 13.0. The molecule has 1 rings (SSSR count). The smallest absolute Gasteiger partial charge is 0.335 e. The van der Waals surface area contributed by atoms with E-state index in [1.807, 2.05) is 32.0 Å². The number of hydrogen-bond donors (Lipinski definition) is 1. The van der Waals surface area contributed by atoms with E-state index in [0.29, 0.717) is 39.1 Å². The lowest BCUT2D eigenvalue weighted by Crippen LogP contribution is -2.47. The zero-order valence-corrected chi connectivity index (χ0v) is 37.0. The van der Waals surface area contributed by atoms with Gasteiger partial charge in [0.2, 0.25) is 0 Å². The Labute approximate surface area is 327 Å². The van der Waals surface area contributed by atoms with Gasteiger partial charge in [-0.25, -0.2) is 4.79 Å². The molecule has 312 valence electrons. The molecule has 0 aliphatic rings. The van der Waals surface area contributed by atoms with Gasteiger partial charge in [0.1, 0.15) is 19.7 Å². The number of aliphatic hydroxyl groups is 1. The highest BCUT2D eigenvalue weighted by molar-refractivity contribution is 6.74. The van der Waals surface area contributed by atoms with Crippen LogP contribution in [-0.4, -0.2) is 105 Å². The molecule has 0 aliphatic heterocycles. The Morgan fingerprint density at radius 2 is 1.63 bits per heavy atom. The predicted octanol–water partition coefficient (Wildman–Crippen LogP) is 7.77. The van der Waals surface area contributed by atoms with Crippen molar-refractivity contribution in [3.8, 4) is 0 Å². The molecule has 11 nitrogen and oxygen atoms in total. The summed E-state index contributed by atoms with van der Waals surface area (Å²) in [6.07, 6.45) is 1.92. The van der Waals surface area contributed by atoms with Gasteiger partial charge >= 0.3 is 11.9 Å². The first-order chi connectivity index (χ1) is 25.3. The van der Waals surface area contributed by atoms with E-state index in [1.165, 1.54) is 14.2 Å². The van der Waals surface area contributed by atoms with Crippen LogP contribution >= 0.6 is 0 Å². The van der Waals surface area contributed by atoms with Crippen molar-refractivity contribution >= 4 is 20.3 Å². The fraction of sp³-hybridized carbons (Fsp3) is 0.762. The van der Waals surface area contributed by atoms with Crippen molar-refractivity contribution in [2.75, 3.05) is 54.7 Å². The van der Waals surface area contributed by atoms with Crippen molar-refractivity contribution in [3.05, 3.63) is 47.0 Å². The van der Waals surface area contributed by atoms with Crippen LogP contribution in [0.15, 0.2) is 35.9 Å². The minimum absolute atomic E-state index is 0.0253. The standard InChI is InChI=1S/C42H74O11Si/c1-15-32(27-50-29-49-21-20-46-10)22-30(3)36(43)25-35(53-54(13,14)41(5,6)7)26-37(52-38(44)16-2)42(8,9)34-19-17-18-33(24-34)23-31(4)39(40(45)48-12)51-28-47-11/h17-19,22,24,31-32,35-37,39,43H,15-16,20-21,23,25-29H2,1-14H3/b30-22-/t31-,32-,35-,36+,37+,39+/m1/s1. The van der Waals surface area contributed by atoms with Gasteiger partial charge < -0.3 is 42.7 Å². The summed E-state index contributed by atoms with van der Waals surface area (Å²) >= 11 is 0. The number of carbonyl (C=O) groups is 2. The molecule has 0 bridgehead atoms. The molecule has 6 atom stereocenters. The Morgan fingerprint density at radius 3 is 2.20 bits per heavy atom. The molecule has 0 fully saturated rings. The van der Waals surface area contributed by atoms with Crippen LogP contribution in [0.5, 0.6) is 0 Å². The zero-order chi connectivity index (χ0) is 41.1. The van der Waals surface area contributed by atoms with Crippen LogP contribution in [0.2, 0.25) is 18.1 Å². The summed E-state index contributed by atoms with van der Waals surface area (Å²) in [4.78, 5) is 25.6. The molecule has 12 heteroatoms. The van der Waals surface area contributed by atoms with Crippen LogP contribution in [0, 0.1) is 11.8 Å². The minimum atomic E-state index is -2.33. The van der Waals surface area contributed by atoms with Gasteiger partial charge in [-0.2, -0.15) is 0 Å². The van der Waals surface area contributed by atoms with Crippen molar-refractivity contribution in [1.82, 2.24) is 0 Å². The van der Waals surface area contributed by atoms with E-state index in [-0.39, 0.29) is 42.9 Å². The molecule has 0 aliphatic carbocycles. The third-order valence-corrected chi connectivity index (χ3v) is 15.2. The monoisotopic (exact) mass is 783 g/mol. The number of hydrogen-bond acceptors (Lipinski definition) is 11. The number of benzene rings is 1. The molecule has 0 radical (unpaired) electrons. The van der Waals surface area contributed by atoms with Crippen molar-refractivity contribution in [2.24, 2.45) is 11.8 Å². The molecule has 1 N–H and O–H groups in total. The van der Waals surface area contributed by atoms with Crippen LogP contribution in [-0.2, 0) is 59.0 Å². The highest BCUT2D eigenvalue weighted by atomic mass is 28.4. The van der Waals surface area contributed by atoms with Crippen LogP contribution < -0.4 is 0 Å². The molecule has 0 spiro atoms. The van der Waals surface area contributed by atoms with E-state index in [0.717, 1.165) is 23.1 Å². The van der Waals surface area contributed by atoms with Gasteiger partial charge in [0.05, 0.1) is 39.1 Å². The third-order valence-electron chi connectivity index (χ3n) is 10.6. The first-order valence-corrected chi connectivity index (χ1v) is 22.3. The summed E-state index contributed by atoms with van der Waals surface area (Å²) in [5, 5.41) is 11.6. The summed E-state index contributed by atoms with van der Waals surface area (Å²) < 4.78 is 45.3. The van der Waals surface area contributed by atoms with Gasteiger partial charge in [-0.3, -0.25) is 4.79 Å². The first kappa shape index (κ1) is 49.9. The topological polar surface area (TPSA) is 128 Å². The number of methoxy groups -OCH3 is 3. The van der Waals surface area contributed by atoms with E-state index < -0.39 is 44.1 Å². The second kappa shape index (κ2) is 24.5. The highest BCUT2D eigenvalue weighted by Gasteiger charge is 2.43. The molecule has 0 saturated carbocycles. The number of carbonyl (C=O) groups excluding carboxylic acids is 2. The molecule has 1 aromatic rings. The largest absolute Gasteiger partial charge is 0.467 e. The fourth-order valence-corrected chi connectivity index (χ4v) is 7.28. The molecule has 0 aromatic heterocycles. The molecule has 0 amide bonds. The summed E-state index contributed by atoms with van der Waals surface area (Å²) in [6, 6.07) is 8.16. The lowest BCUT2D eigenvalue weighted by molar-refractivity contribution is -0.167. The Kier molecular flexibility index (Phi) is 22.6. The summed E-state index contributed by atoms with van der Waals surface area (Å²) in [6.45, 7) is 24.5. The van der Waals surface area contributed by atoms with Gasteiger partial charge in [-0.15, -0.1) is 0 Å². The van der Waals surface area contributed by atoms with Crippen LogP contribution in [0.4, 0.5) is 0 Å². The maximum absolute atomic E-state index is 13.0. The lowest BCUT2D eigenvalue weighted by Gasteiger charge is -2.42. The average molecular weight is 783 g/mol. The number of rotatable bonds is 27. The minimum Gasteiger partial charge on any atom is -0.467 e. The summed E-state index contributed by atoms with van der Waals surface area (Å²) in [5.74, 6) is -0.849. The quantitative estimate of drug-likeness (QED) is 0.0309. The maximum Gasteiger partial charge on any atom is 0.335 e. The predicted molar refractivity (Wildman–Crippen MR) is 215 cm³/mol. The number of aliphatic hydroxyl groups excluding tert-OH is 1. The molecular weight excluding hydrogens is 709 g/mol. The van der Waals surface area contributed by atoms with Crippen molar-refractivity contribution in [3.63, 3.8) is 0 Å². The van der Waals surface area contributed by atoms with Crippen LogP contribution in [0.25, 0.3) is 0 Å². The highest BCUT2D eigenvalue weighted by Crippen LogP contribution is 2.40. The Bertz CT molecular complexity index is 1260. The van der Waals surface area contributed by atoms with Crippen LogP contribution in [0.1, 0.15) is 99.1 Å². The van der Waals surface area contributed by atoms with Gasteiger partial charge in [-0.05, 0) is 60.5 Å². The molecule has 0 unspecified atom stereocenters. The lowest BCUT2D eigenvalue weighted by atomic mass is 9.76. The van der Waals surface area contributed by atoms with Crippen molar-refractivity contribution < 1.29 is 52.3 Å².